The van der Waals surface area contributed by atoms with Crippen LogP contribution in [0.2, 0.25) is 0 Å². The molecule has 3 aromatic rings. The van der Waals surface area contributed by atoms with Crippen molar-refractivity contribution in [2.75, 3.05) is 5.32 Å². The maximum Gasteiger partial charge on any atom is 0.471 e. The fourth-order valence-corrected chi connectivity index (χ4v) is 2.47. The number of nitrogens with one attached hydrogen (secondary N) is 1. The van der Waals surface area contributed by atoms with E-state index in [0.29, 0.717) is 35.4 Å². The highest BCUT2D eigenvalue weighted by Crippen LogP contribution is 2.39. The van der Waals surface area contributed by atoms with Gasteiger partial charge in [-0.05, 0) is 37.1 Å². The van der Waals surface area contributed by atoms with Gasteiger partial charge in [0.2, 0.25) is 23.5 Å². The number of aromatic nitrogens is 4. The van der Waals surface area contributed by atoms with Gasteiger partial charge < -0.3 is 14.3 Å². The summed E-state index contributed by atoms with van der Waals surface area (Å²) in [5.74, 6) is -0.442. The highest BCUT2D eigenvalue weighted by atomic mass is 19.4. The number of rotatable bonds is 6. The number of nitrogens with zero attached hydrogens (tertiary/aromatic N) is 4. The number of hydrogen-bond donors (Lipinski definition) is 1. The molecule has 0 saturated heterocycles. The smallest absolute Gasteiger partial charge is 0.425 e. The van der Waals surface area contributed by atoms with Crippen LogP contribution in [0.4, 0.5) is 18.9 Å². The number of anilines is 1. The van der Waals surface area contributed by atoms with Crippen LogP contribution in [0.15, 0.2) is 33.2 Å². The van der Waals surface area contributed by atoms with E-state index in [4.69, 9.17) is 4.42 Å². The van der Waals surface area contributed by atoms with Crippen LogP contribution in [0.25, 0.3) is 11.4 Å². The summed E-state index contributed by atoms with van der Waals surface area (Å²) in [4.78, 5) is 15.4. The van der Waals surface area contributed by atoms with Gasteiger partial charge in [0.1, 0.15) is 0 Å². The predicted octanol–water partition coefficient (Wildman–Crippen LogP) is 3.59. The first-order valence-electron chi connectivity index (χ1n) is 8.52. The van der Waals surface area contributed by atoms with Crippen molar-refractivity contribution in [2.45, 2.75) is 37.8 Å². The molecule has 0 spiro atoms. The van der Waals surface area contributed by atoms with Gasteiger partial charge in [-0.25, -0.2) is 0 Å². The van der Waals surface area contributed by atoms with E-state index >= 15 is 0 Å². The third-order valence-corrected chi connectivity index (χ3v) is 4.07. The maximum atomic E-state index is 12.5. The molecule has 146 valence electrons. The van der Waals surface area contributed by atoms with Gasteiger partial charge in [0.05, 0.1) is 0 Å². The molecule has 28 heavy (non-hydrogen) atoms. The third-order valence-electron chi connectivity index (χ3n) is 4.07. The number of hydrogen-bond acceptors (Lipinski definition) is 7. The Hall–Kier alpha value is -3.24. The Balaban J connectivity index is 1.32. The Morgan fingerprint density at radius 2 is 1.93 bits per heavy atom. The minimum absolute atomic E-state index is 0.161. The lowest BCUT2D eigenvalue weighted by Crippen LogP contribution is -2.12. The molecule has 4 rings (SSSR count). The van der Waals surface area contributed by atoms with Crippen molar-refractivity contribution in [3.63, 3.8) is 0 Å². The molecule has 1 N–H and O–H groups in total. The fraction of sp³-hybridized carbons (Fsp3) is 0.353. The molecule has 1 amide bonds. The molecule has 2 aromatic heterocycles. The van der Waals surface area contributed by atoms with Crippen molar-refractivity contribution < 1.29 is 26.9 Å². The first kappa shape index (κ1) is 18.1. The van der Waals surface area contributed by atoms with E-state index in [9.17, 15) is 18.0 Å². The summed E-state index contributed by atoms with van der Waals surface area (Å²) in [6, 6.07) is 6.05. The van der Waals surface area contributed by atoms with E-state index in [1.165, 1.54) is 24.3 Å². The first-order valence-corrected chi connectivity index (χ1v) is 8.52. The van der Waals surface area contributed by atoms with E-state index in [1.54, 1.807) is 0 Å². The minimum Gasteiger partial charge on any atom is -0.425 e. The van der Waals surface area contributed by atoms with Crippen LogP contribution in [0.5, 0.6) is 0 Å². The maximum absolute atomic E-state index is 12.5. The van der Waals surface area contributed by atoms with Gasteiger partial charge in [-0.1, -0.05) is 5.16 Å². The number of amides is 1. The van der Waals surface area contributed by atoms with Crippen molar-refractivity contribution in [3.8, 4) is 11.4 Å². The molecule has 1 saturated carbocycles. The van der Waals surface area contributed by atoms with Gasteiger partial charge in [0, 0.05) is 30.0 Å². The Morgan fingerprint density at radius 1 is 1.18 bits per heavy atom. The molecule has 2 heterocycles. The van der Waals surface area contributed by atoms with E-state index in [1.807, 2.05) is 0 Å². The quantitative estimate of drug-likeness (QED) is 0.682. The zero-order chi connectivity index (χ0) is 19.7. The lowest BCUT2D eigenvalue weighted by molar-refractivity contribution is -0.159. The zero-order valence-electron chi connectivity index (χ0n) is 14.4. The van der Waals surface area contributed by atoms with Crippen molar-refractivity contribution in [1.29, 1.82) is 0 Å². The summed E-state index contributed by atoms with van der Waals surface area (Å²) in [6.07, 6.45) is -2.10. The van der Waals surface area contributed by atoms with Crippen LogP contribution >= 0.6 is 0 Å². The van der Waals surface area contributed by atoms with Gasteiger partial charge in [-0.2, -0.15) is 18.2 Å². The van der Waals surface area contributed by atoms with Crippen molar-refractivity contribution in [1.82, 2.24) is 20.3 Å². The second-order valence-corrected chi connectivity index (χ2v) is 6.35. The van der Waals surface area contributed by atoms with Gasteiger partial charge in [0.25, 0.3) is 0 Å². The van der Waals surface area contributed by atoms with Crippen molar-refractivity contribution in [2.24, 2.45) is 0 Å². The van der Waals surface area contributed by atoms with Crippen molar-refractivity contribution in [3.05, 3.63) is 41.9 Å². The zero-order valence-corrected chi connectivity index (χ0v) is 14.4. The standard InChI is InChI=1S/C17H14F3N5O3/c18-17(19,20)16-22-14(25-28-16)9-3-5-11(6-4-9)21-12(26)7-8-13-23-24-15(27-13)10-1-2-10/h3-6,10H,1-2,7-8H2,(H,21,26). The molecule has 0 atom stereocenters. The Bertz CT molecular complexity index is 977. The second kappa shape index (κ2) is 7.06. The van der Waals surface area contributed by atoms with Crippen LogP contribution < -0.4 is 5.32 Å². The lowest BCUT2D eigenvalue weighted by Gasteiger charge is -2.04. The Morgan fingerprint density at radius 3 is 2.57 bits per heavy atom. The van der Waals surface area contributed by atoms with E-state index in [-0.39, 0.29) is 18.2 Å². The predicted molar refractivity (Wildman–Crippen MR) is 88.0 cm³/mol. The summed E-state index contributed by atoms with van der Waals surface area (Å²) in [6.45, 7) is 0. The first-order chi connectivity index (χ1) is 13.4. The van der Waals surface area contributed by atoms with Gasteiger partial charge in [-0.15, -0.1) is 10.2 Å². The largest absolute Gasteiger partial charge is 0.471 e. The van der Waals surface area contributed by atoms with Gasteiger partial charge in [0.15, 0.2) is 0 Å². The minimum atomic E-state index is -4.70. The average Bonchev–Trinajstić information content (AvgIpc) is 3.18. The summed E-state index contributed by atoms with van der Waals surface area (Å²) in [5, 5.41) is 13.9. The molecular weight excluding hydrogens is 379 g/mol. The van der Waals surface area contributed by atoms with Crippen molar-refractivity contribution >= 4 is 11.6 Å². The second-order valence-electron chi connectivity index (χ2n) is 6.35. The topological polar surface area (TPSA) is 107 Å². The van der Waals surface area contributed by atoms with Gasteiger partial charge in [-0.3, -0.25) is 4.79 Å². The summed E-state index contributed by atoms with van der Waals surface area (Å²) < 4.78 is 47.2. The molecular formula is C17H14F3N5O3. The Labute approximate surface area is 156 Å². The molecule has 1 aliphatic rings. The van der Waals surface area contributed by atoms with Crippen LogP contribution in [-0.2, 0) is 17.4 Å². The fourth-order valence-electron chi connectivity index (χ4n) is 2.47. The molecule has 11 heteroatoms. The monoisotopic (exact) mass is 393 g/mol. The number of alkyl halides is 3. The SMILES string of the molecule is O=C(CCc1nnc(C2CC2)o1)Nc1ccc(-c2noc(C(F)(F)F)n2)cc1. The number of aryl methyl sites for hydroxylation is 1. The molecule has 0 unspecified atom stereocenters. The molecule has 1 aliphatic carbocycles. The van der Waals surface area contributed by atoms with Crippen LogP contribution in [0.3, 0.4) is 0 Å². The molecule has 1 fully saturated rings. The molecule has 0 bridgehead atoms. The molecule has 8 nitrogen and oxygen atoms in total. The normalized spacial score (nSPS) is 14.2. The highest BCUT2D eigenvalue weighted by Gasteiger charge is 2.38. The lowest BCUT2D eigenvalue weighted by atomic mass is 10.2. The van der Waals surface area contributed by atoms with E-state index in [2.05, 4.69) is 30.2 Å². The van der Waals surface area contributed by atoms with Crippen LogP contribution in [0.1, 0.15) is 42.9 Å². The Kier molecular flexibility index (Phi) is 4.57. The highest BCUT2D eigenvalue weighted by molar-refractivity contribution is 5.91. The summed E-state index contributed by atoms with van der Waals surface area (Å²) in [7, 11) is 0. The van der Waals surface area contributed by atoms with Crippen LogP contribution in [-0.4, -0.2) is 26.2 Å². The number of carbonyl (C=O) groups excluding carboxylic acids is 1. The van der Waals surface area contributed by atoms with E-state index in [0.717, 1.165) is 12.8 Å². The molecule has 1 aromatic carbocycles. The molecule has 0 radical (unpaired) electrons. The van der Waals surface area contributed by atoms with E-state index < -0.39 is 12.1 Å². The number of halogens is 3. The number of carbonyl (C=O) groups is 1. The summed E-state index contributed by atoms with van der Waals surface area (Å²) in [5.41, 5.74) is 0.813. The number of benzene rings is 1. The average molecular weight is 393 g/mol. The third kappa shape index (κ3) is 4.18. The molecule has 0 aliphatic heterocycles. The van der Waals surface area contributed by atoms with Gasteiger partial charge >= 0.3 is 12.1 Å². The van der Waals surface area contributed by atoms with Crippen LogP contribution in [0, 0.1) is 0 Å². The summed E-state index contributed by atoms with van der Waals surface area (Å²) >= 11 is 0.